The van der Waals surface area contributed by atoms with Crippen LogP contribution in [0.15, 0.2) is 0 Å². The van der Waals surface area contributed by atoms with Crippen LogP contribution in [0.3, 0.4) is 0 Å². The summed E-state index contributed by atoms with van der Waals surface area (Å²) in [6, 6.07) is 0. The van der Waals surface area contributed by atoms with Gasteiger partial charge in [0, 0.05) is 29.6 Å². The summed E-state index contributed by atoms with van der Waals surface area (Å²) in [5, 5.41) is 0. The molecule has 0 aromatic carbocycles. The molecule has 0 aromatic rings. The molecule has 0 saturated carbocycles. The van der Waals surface area contributed by atoms with E-state index in [1.807, 2.05) is 0 Å². The molecule has 0 rings (SSSR count). The quantitative estimate of drug-likeness (QED) is 0.330. The van der Waals surface area contributed by atoms with Gasteiger partial charge in [0.25, 0.3) is 0 Å². The van der Waals surface area contributed by atoms with Crippen LogP contribution in [0.4, 0.5) is 0 Å². The molecule has 81 valence electrons. The fourth-order valence-electron chi connectivity index (χ4n) is 0. The van der Waals surface area contributed by atoms with Crippen molar-refractivity contribution in [2.45, 2.75) is 0 Å². The summed E-state index contributed by atoms with van der Waals surface area (Å²) in [6.07, 6.45) is 0. The van der Waals surface area contributed by atoms with E-state index in [0.29, 0.717) is 0 Å². The van der Waals surface area contributed by atoms with Crippen molar-refractivity contribution in [2.75, 3.05) is 0 Å². The molecule has 0 amide bonds. The first-order valence-electron chi connectivity index (χ1n) is 0. The summed E-state index contributed by atoms with van der Waals surface area (Å²) >= 11 is 0. The summed E-state index contributed by atoms with van der Waals surface area (Å²) in [7, 11) is 0. The number of hydrogen-bond acceptors (Lipinski definition) is 0. The van der Waals surface area contributed by atoms with Crippen LogP contribution in [0, 0.1) is 0 Å². The van der Waals surface area contributed by atoms with Gasteiger partial charge in [-0.1, -0.05) is 0 Å². The van der Waals surface area contributed by atoms with Crippen LogP contribution in [-0.4, -0.2) is 84.3 Å². The van der Waals surface area contributed by atoms with Crippen molar-refractivity contribution in [1.82, 2.24) is 0 Å². The second-order valence-corrected chi connectivity index (χ2v) is 0. The molecule has 10 nitrogen and oxygen atoms in total. The summed E-state index contributed by atoms with van der Waals surface area (Å²) in [6.45, 7) is 0. The van der Waals surface area contributed by atoms with Gasteiger partial charge < -0.3 is 54.8 Å². The molecule has 0 saturated heterocycles. The van der Waals surface area contributed by atoms with E-state index >= 15 is 0 Å². The van der Waals surface area contributed by atoms with Gasteiger partial charge in [-0.2, -0.15) is 0 Å². The van der Waals surface area contributed by atoms with Crippen molar-refractivity contribution in [3.8, 4) is 0 Å². The fourth-order valence-corrected chi connectivity index (χ4v) is 0. The molecule has 0 aromatic heterocycles. The van der Waals surface area contributed by atoms with Crippen LogP contribution in [0.2, 0.25) is 0 Å². The Morgan fingerprint density at radius 2 is 0.182 bits per heavy atom. The van der Waals surface area contributed by atoms with Gasteiger partial charge in [0.15, 0.2) is 0 Å². The van der Waals surface area contributed by atoms with Crippen LogP contribution in [-0.2, 0) is 0 Å². The first kappa shape index (κ1) is 3620. The van der Waals surface area contributed by atoms with Gasteiger partial charge in [-0.3, -0.25) is 0 Å². The van der Waals surface area contributed by atoms with Crippen LogP contribution >= 0.6 is 0 Å². The van der Waals surface area contributed by atoms with Crippen LogP contribution in [0.1, 0.15) is 0 Å². The zero-order valence-electron chi connectivity index (χ0n) is 6.00. The molecule has 0 spiro atoms. The molecule has 0 heterocycles. The van der Waals surface area contributed by atoms with Crippen LogP contribution < -0.4 is 0 Å². The van der Waals surface area contributed by atoms with E-state index in [1.54, 1.807) is 0 Å². The van der Waals surface area contributed by atoms with E-state index < -0.39 is 0 Å². The standard InChI is InChI=1S/Na.10H2O/h;10*1H2. The van der Waals surface area contributed by atoms with E-state index in [-0.39, 0.29) is 84.3 Å². The molecular weight excluding hydrogens is 183 g/mol. The zero-order chi connectivity index (χ0) is 0. The smallest absolute Gasteiger partial charge is 0 e. The fraction of sp³-hybridized carbons (Fsp3) is 0. The third-order valence-corrected chi connectivity index (χ3v) is 0. The first-order valence-corrected chi connectivity index (χ1v) is 0. The Balaban J connectivity index is 0. The van der Waals surface area contributed by atoms with Crippen LogP contribution in [0.25, 0.3) is 0 Å². The SMILES string of the molecule is O.O.O.O.O.O.O.O.O.O.[Na]. The second-order valence-electron chi connectivity index (χ2n) is 0. The summed E-state index contributed by atoms with van der Waals surface area (Å²) in [5.74, 6) is 0. The molecule has 0 bridgehead atoms. The van der Waals surface area contributed by atoms with Crippen molar-refractivity contribution >= 4 is 29.6 Å². The van der Waals surface area contributed by atoms with Gasteiger partial charge in [0.05, 0.1) is 0 Å². The molecule has 11 heavy (non-hydrogen) atoms. The molecule has 0 atom stereocenters. The van der Waals surface area contributed by atoms with Crippen molar-refractivity contribution < 1.29 is 54.8 Å². The maximum atomic E-state index is 0. The normalized spacial score (nSPS) is 0. The van der Waals surface area contributed by atoms with Gasteiger partial charge in [0.1, 0.15) is 0 Å². The molecule has 1 radical (unpaired) electrons. The third-order valence-electron chi connectivity index (χ3n) is 0. The van der Waals surface area contributed by atoms with Gasteiger partial charge in [0.2, 0.25) is 0 Å². The maximum absolute atomic E-state index is 0. The summed E-state index contributed by atoms with van der Waals surface area (Å²) < 4.78 is 0. The second kappa shape index (κ2) is 2710. The van der Waals surface area contributed by atoms with E-state index in [1.165, 1.54) is 0 Å². The van der Waals surface area contributed by atoms with Gasteiger partial charge >= 0.3 is 0 Å². The predicted octanol–water partition coefficient (Wildman–Crippen LogP) is -8.63. The Labute approximate surface area is 84.6 Å². The molecule has 20 N–H and O–H groups in total. The Morgan fingerprint density at radius 3 is 0.182 bits per heavy atom. The van der Waals surface area contributed by atoms with Crippen molar-refractivity contribution in [2.24, 2.45) is 0 Å². The van der Waals surface area contributed by atoms with Crippen molar-refractivity contribution in [1.29, 1.82) is 0 Å². The van der Waals surface area contributed by atoms with Crippen LogP contribution in [0.5, 0.6) is 0 Å². The minimum absolute atomic E-state index is 0. The Morgan fingerprint density at radius 1 is 0.182 bits per heavy atom. The minimum atomic E-state index is 0. The molecule has 0 aliphatic heterocycles. The topological polar surface area (TPSA) is 315 Å². The molecular formula is H20NaO10. The number of hydrogen-bond donors (Lipinski definition) is 0. The predicted molar refractivity (Wildman–Crippen MR) is 41.9 cm³/mol. The average Bonchev–Trinajstić information content (AvgIpc) is 0. The molecule has 0 unspecified atom stereocenters. The van der Waals surface area contributed by atoms with E-state index in [2.05, 4.69) is 0 Å². The number of rotatable bonds is 0. The zero-order valence-corrected chi connectivity index (χ0v) is 8.00. The van der Waals surface area contributed by atoms with Gasteiger partial charge in [-0.05, 0) is 0 Å². The van der Waals surface area contributed by atoms with E-state index in [9.17, 15) is 0 Å². The summed E-state index contributed by atoms with van der Waals surface area (Å²) in [5.41, 5.74) is 0. The third kappa shape index (κ3) is 2180. The first-order chi connectivity index (χ1) is 0. The van der Waals surface area contributed by atoms with E-state index in [4.69, 9.17) is 0 Å². The van der Waals surface area contributed by atoms with Gasteiger partial charge in [-0.15, -0.1) is 0 Å². The molecule has 0 aliphatic rings. The molecule has 11 heteroatoms. The summed E-state index contributed by atoms with van der Waals surface area (Å²) in [4.78, 5) is 0. The monoisotopic (exact) mass is 203 g/mol. The van der Waals surface area contributed by atoms with Crippen molar-refractivity contribution in [3.05, 3.63) is 0 Å². The average molecular weight is 203 g/mol. The van der Waals surface area contributed by atoms with E-state index in [0.717, 1.165) is 0 Å². The molecule has 0 aliphatic carbocycles. The van der Waals surface area contributed by atoms with Crippen molar-refractivity contribution in [3.63, 3.8) is 0 Å². The Bertz CT molecular complexity index is 4.83. The Hall–Kier alpha value is 0.600. The largest absolute Gasteiger partial charge is 0.412 e. The minimum Gasteiger partial charge on any atom is -0.412 e. The van der Waals surface area contributed by atoms with Gasteiger partial charge in [-0.25, -0.2) is 0 Å². The maximum Gasteiger partial charge on any atom is 0 e. The molecule has 0 fully saturated rings. The Kier molecular flexibility index (Phi) is 893000.